The number of halogens is 1. The van der Waals surface area contributed by atoms with Crippen molar-refractivity contribution in [3.8, 4) is 0 Å². The number of nitrogens with two attached hydrogens (primary N) is 1. The van der Waals surface area contributed by atoms with Crippen LogP contribution in [0.15, 0.2) is 39.9 Å². The first-order valence-electron chi connectivity index (χ1n) is 6.50. The summed E-state index contributed by atoms with van der Waals surface area (Å²) in [6.07, 6.45) is 2.74. The van der Waals surface area contributed by atoms with Crippen LogP contribution in [0.2, 0.25) is 0 Å². The third-order valence-corrected chi connectivity index (χ3v) is 6.41. The molecule has 1 unspecified atom stereocenters. The lowest BCUT2D eigenvalue weighted by Gasteiger charge is -2.26. The molecule has 21 heavy (non-hydrogen) atoms. The molecule has 0 bridgehead atoms. The quantitative estimate of drug-likeness (QED) is 0.840. The minimum absolute atomic E-state index is 0. The van der Waals surface area contributed by atoms with Crippen LogP contribution in [-0.2, 0) is 16.4 Å². The van der Waals surface area contributed by atoms with E-state index >= 15 is 0 Å². The summed E-state index contributed by atoms with van der Waals surface area (Å²) >= 11 is 1.23. The molecule has 1 aliphatic rings. The maximum atomic E-state index is 12.3. The highest BCUT2D eigenvalue weighted by Gasteiger charge is 2.26. The number of hydrogen-bond donors (Lipinski definition) is 2. The first kappa shape index (κ1) is 16.3. The normalized spacial score (nSPS) is 17.8. The smallest absolute Gasteiger partial charge is 0.250 e. The summed E-state index contributed by atoms with van der Waals surface area (Å²) in [5.74, 6) is 0. The van der Waals surface area contributed by atoms with E-state index in [-0.39, 0.29) is 18.4 Å². The second-order valence-electron chi connectivity index (χ2n) is 4.96. The van der Waals surface area contributed by atoms with Crippen molar-refractivity contribution in [1.29, 1.82) is 0 Å². The second kappa shape index (κ2) is 6.36. The SMILES string of the molecule is Cl.Nc1ccc2c(c1)CCCC2NS(=O)(=O)c1cccs1. The van der Waals surface area contributed by atoms with E-state index in [4.69, 9.17) is 5.73 Å². The summed E-state index contributed by atoms with van der Waals surface area (Å²) in [5, 5.41) is 1.77. The van der Waals surface area contributed by atoms with Gasteiger partial charge in [0.05, 0.1) is 0 Å². The first-order valence-corrected chi connectivity index (χ1v) is 8.87. The van der Waals surface area contributed by atoms with Gasteiger partial charge in [-0.05, 0) is 54.0 Å². The van der Waals surface area contributed by atoms with Crippen molar-refractivity contribution in [2.45, 2.75) is 29.5 Å². The Morgan fingerprint density at radius 3 is 2.81 bits per heavy atom. The monoisotopic (exact) mass is 344 g/mol. The van der Waals surface area contributed by atoms with Crippen molar-refractivity contribution < 1.29 is 8.42 Å². The Kier molecular flexibility index (Phi) is 4.93. The number of nitrogens with one attached hydrogen (secondary N) is 1. The van der Waals surface area contributed by atoms with Gasteiger partial charge in [-0.2, -0.15) is 0 Å². The third kappa shape index (κ3) is 3.40. The van der Waals surface area contributed by atoms with Gasteiger partial charge in [0.2, 0.25) is 0 Å². The second-order valence-corrected chi connectivity index (χ2v) is 7.84. The number of sulfonamides is 1. The van der Waals surface area contributed by atoms with Crippen molar-refractivity contribution in [2.24, 2.45) is 0 Å². The Morgan fingerprint density at radius 1 is 1.29 bits per heavy atom. The van der Waals surface area contributed by atoms with Crippen molar-refractivity contribution in [2.75, 3.05) is 5.73 Å². The first-order chi connectivity index (χ1) is 9.56. The molecule has 4 nitrogen and oxygen atoms in total. The Labute approximate surface area is 134 Å². The van der Waals surface area contributed by atoms with Crippen molar-refractivity contribution in [3.63, 3.8) is 0 Å². The van der Waals surface area contributed by atoms with Gasteiger partial charge < -0.3 is 5.73 Å². The van der Waals surface area contributed by atoms with Gasteiger partial charge in [-0.1, -0.05) is 12.1 Å². The van der Waals surface area contributed by atoms with E-state index in [0.717, 1.165) is 36.1 Å². The van der Waals surface area contributed by atoms with E-state index in [1.165, 1.54) is 11.3 Å². The Bertz CT molecular complexity index is 715. The van der Waals surface area contributed by atoms with Crippen LogP contribution in [0.3, 0.4) is 0 Å². The van der Waals surface area contributed by atoms with Crippen LogP contribution in [0.25, 0.3) is 0 Å². The predicted molar refractivity (Wildman–Crippen MR) is 88.4 cm³/mol. The van der Waals surface area contributed by atoms with Gasteiger partial charge in [-0.3, -0.25) is 0 Å². The van der Waals surface area contributed by atoms with E-state index in [2.05, 4.69) is 4.72 Å². The van der Waals surface area contributed by atoms with Crippen molar-refractivity contribution >= 4 is 39.5 Å². The van der Waals surface area contributed by atoms with Crippen molar-refractivity contribution in [3.05, 3.63) is 46.8 Å². The zero-order valence-corrected chi connectivity index (χ0v) is 13.7. The molecule has 0 aliphatic heterocycles. The molecule has 0 fully saturated rings. The maximum absolute atomic E-state index is 12.3. The third-order valence-electron chi connectivity index (χ3n) is 3.54. The number of thiophene rings is 1. The van der Waals surface area contributed by atoms with Gasteiger partial charge in [0.1, 0.15) is 4.21 Å². The molecule has 1 aliphatic carbocycles. The van der Waals surface area contributed by atoms with Crippen LogP contribution < -0.4 is 10.5 Å². The van der Waals surface area contributed by atoms with Crippen LogP contribution in [-0.4, -0.2) is 8.42 Å². The Hall–Kier alpha value is -1.08. The summed E-state index contributed by atoms with van der Waals surface area (Å²) in [6, 6.07) is 8.92. The molecular formula is C14H17ClN2O2S2. The molecule has 1 aromatic carbocycles. The molecule has 114 valence electrons. The van der Waals surface area contributed by atoms with E-state index in [1.807, 2.05) is 18.2 Å². The van der Waals surface area contributed by atoms with Crippen LogP contribution in [0, 0.1) is 0 Å². The number of benzene rings is 1. The zero-order chi connectivity index (χ0) is 14.2. The fraction of sp³-hybridized carbons (Fsp3) is 0.286. The topological polar surface area (TPSA) is 72.2 Å². The van der Waals surface area contributed by atoms with Crippen LogP contribution in [0.1, 0.15) is 30.0 Å². The average Bonchev–Trinajstić information content (AvgIpc) is 2.93. The van der Waals surface area contributed by atoms with E-state index < -0.39 is 10.0 Å². The summed E-state index contributed by atoms with van der Waals surface area (Å²) in [7, 11) is -3.43. The minimum Gasteiger partial charge on any atom is -0.399 e. The van der Waals surface area contributed by atoms with Gasteiger partial charge in [0.15, 0.2) is 0 Å². The molecule has 7 heteroatoms. The Morgan fingerprint density at radius 2 is 2.10 bits per heavy atom. The molecule has 1 heterocycles. The molecule has 0 radical (unpaired) electrons. The van der Waals surface area contributed by atoms with E-state index in [1.54, 1.807) is 17.5 Å². The molecule has 2 aromatic rings. The molecule has 1 aromatic heterocycles. The number of nitrogen functional groups attached to an aromatic ring is 1. The maximum Gasteiger partial charge on any atom is 0.250 e. The van der Waals surface area contributed by atoms with Crippen LogP contribution in [0.5, 0.6) is 0 Å². The van der Waals surface area contributed by atoms with E-state index in [9.17, 15) is 8.42 Å². The number of aryl methyl sites for hydroxylation is 1. The molecule has 0 saturated heterocycles. The number of rotatable bonds is 3. The van der Waals surface area contributed by atoms with Crippen LogP contribution >= 0.6 is 23.7 Å². The lowest BCUT2D eigenvalue weighted by molar-refractivity contribution is 0.508. The summed E-state index contributed by atoms with van der Waals surface area (Å²) in [5.41, 5.74) is 8.72. The summed E-state index contributed by atoms with van der Waals surface area (Å²) < 4.78 is 27.8. The standard InChI is InChI=1S/C14H16N2O2S2.ClH/c15-11-6-7-12-10(9-11)3-1-4-13(12)16-20(17,18)14-5-2-8-19-14;/h2,5-9,13,16H,1,3-4,15H2;1H. The number of fused-ring (bicyclic) bond motifs is 1. The number of anilines is 1. The highest BCUT2D eigenvalue weighted by Crippen LogP contribution is 2.32. The molecule has 3 N–H and O–H groups in total. The summed E-state index contributed by atoms with van der Waals surface area (Å²) in [6.45, 7) is 0. The molecule has 0 spiro atoms. The molecule has 1 atom stereocenters. The lowest BCUT2D eigenvalue weighted by Crippen LogP contribution is -2.30. The van der Waals surface area contributed by atoms with Crippen LogP contribution in [0.4, 0.5) is 5.69 Å². The minimum atomic E-state index is -3.43. The molecule has 0 amide bonds. The highest BCUT2D eigenvalue weighted by molar-refractivity contribution is 7.91. The van der Waals surface area contributed by atoms with E-state index in [0.29, 0.717) is 4.21 Å². The molecule has 0 saturated carbocycles. The van der Waals surface area contributed by atoms with Gasteiger partial charge >= 0.3 is 0 Å². The average molecular weight is 345 g/mol. The highest BCUT2D eigenvalue weighted by atomic mass is 35.5. The van der Waals surface area contributed by atoms with Gasteiger partial charge in [0, 0.05) is 11.7 Å². The lowest BCUT2D eigenvalue weighted by atomic mass is 9.88. The van der Waals surface area contributed by atoms with Gasteiger partial charge in [-0.25, -0.2) is 13.1 Å². The molecular weight excluding hydrogens is 328 g/mol. The summed E-state index contributed by atoms with van der Waals surface area (Å²) in [4.78, 5) is 0. The molecule has 3 rings (SSSR count). The largest absolute Gasteiger partial charge is 0.399 e. The predicted octanol–water partition coefficient (Wildman–Crippen LogP) is 3.11. The zero-order valence-electron chi connectivity index (χ0n) is 11.3. The van der Waals surface area contributed by atoms with Gasteiger partial charge in [-0.15, -0.1) is 23.7 Å². The van der Waals surface area contributed by atoms with Gasteiger partial charge in [0.25, 0.3) is 10.0 Å². The van der Waals surface area contributed by atoms with Crippen molar-refractivity contribution in [1.82, 2.24) is 4.72 Å². The Balaban J connectivity index is 0.00000161. The fourth-order valence-corrected chi connectivity index (χ4v) is 4.88. The number of hydrogen-bond acceptors (Lipinski definition) is 4. The fourth-order valence-electron chi connectivity index (χ4n) is 2.62.